The van der Waals surface area contributed by atoms with Gasteiger partial charge in [0.1, 0.15) is 5.58 Å². The minimum Gasteiger partial charge on any atom is -0.451 e. The van der Waals surface area contributed by atoms with E-state index in [1.165, 1.54) is 5.56 Å². The maximum atomic E-state index is 13.5. The van der Waals surface area contributed by atoms with Gasteiger partial charge in [0.25, 0.3) is 5.91 Å². The van der Waals surface area contributed by atoms with Crippen LogP contribution in [0.3, 0.4) is 0 Å². The van der Waals surface area contributed by atoms with Crippen molar-refractivity contribution >= 4 is 16.9 Å². The van der Waals surface area contributed by atoms with Crippen LogP contribution in [0.5, 0.6) is 0 Å². The summed E-state index contributed by atoms with van der Waals surface area (Å²) in [5.74, 6) is 0.780. The number of para-hydroxylation sites is 1. The molecule has 1 amide bonds. The van der Waals surface area contributed by atoms with E-state index < -0.39 is 0 Å². The second-order valence-corrected chi connectivity index (χ2v) is 7.99. The van der Waals surface area contributed by atoms with Gasteiger partial charge >= 0.3 is 0 Å². The molecule has 0 radical (unpaired) electrons. The first kappa shape index (κ1) is 19.7. The average molecular weight is 392 g/mol. The topological polar surface area (TPSA) is 68.7 Å². The molecule has 1 aliphatic heterocycles. The molecule has 0 saturated carbocycles. The van der Waals surface area contributed by atoms with E-state index in [0.29, 0.717) is 37.6 Å². The smallest absolute Gasteiger partial charge is 0.290 e. The number of carbonyl (C=O) groups is 1. The number of benzene rings is 2. The molecule has 0 unspecified atom stereocenters. The molecule has 2 N–H and O–H groups in total. The summed E-state index contributed by atoms with van der Waals surface area (Å²) in [6, 6.07) is 18.1. The molecule has 5 heteroatoms. The first-order valence-corrected chi connectivity index (χ1v) is 10.2. The fourth-order valence-electron chi connectivity index (χ4n) is 4.16. The Balaban J connectivity index is 1.64. The van der Waals surface area contributed by atoms with Crippen LogP contribution in [0.15, 0.2) is 59.0 Å². The lowest BCUT2D eigenvalue weighted by atomic mass is 9.89. The fourth-order valence-corrected chi connectivity index (χ4v) is 4.16. The largest absolute Gasteiger partial charge is 0.451 e. The van der Waals surface area contributed by atoms with Gasteiger partial charge in [-0.25, -0.2) is 0 Å². The van der Waals surface area contributed by atoms with Gasteiger partial charge in [0, 0.05) is 30.0 Å². The summed E-state index contributed by atoms with van der Waals surface area (Å²) < 4.78 is 11.8. The molecular formula is C24H28N2O3. The van der Waals surface area contributed by atoms with Crippen LogP contribution in [0.2, 0.25) is 0 Å². The zero-order chi connectivity index (χ0) is 20.4. The van der Waals surface area contributed by atoms with Gasteiger partial charge in [-0.15, -0.1) is 0 Å². The lowest BCUT2D eigenvalue weighted by molar-refractivity contribution is 0.0620. The Labute approximate surface area is 171 Å². The summed E-state index contributed by atoms with van der Waals surface area (Å²) in [4.78, 5) is 15.3. The van der Waals surface area contributed by atoms with Gasteiger partial charge in [0.05, 0.1) is 12.7 Å². The van der Waals surface area contributed by atoms with Crippen molar-refractivity contribution in [2.45, 2.75) is 32.5 Å². The number of nitrogens with two attached hydrogens (primary N) is 1. The van der Waals surface area contributed by atoms with Crippen LogP contribution in [0.25, 0.3) is 11.0 Å². The number of carbonyl (C=O) groups excluding carboxylic acids is 1. The van der Waals surface area contributed by atoms with E-state index in [1.807, 2.05) is 61.2 Å². The Morgan fingerprint density at radius 1 is 1.14 bits per heavy atom. The van der Waals surface area contributed by atoms with Crippen LogP contribution in [0, 0.1) is 5.92 Å². The number of hydrogen-bond acceptors (Lipinski definition) is 4. The van der Waals surface area contributed by atoms with E-state index in [2.05, 4.69) is 12.1 Å². The van der Waals surface area contributed by atoms with Crippen molar-refractivity contribution in [3.05, 3.63) is 71.5 Å². The monoisotopic (exact) mass is 392 g/mol. The molecule has 0 spiro atoms. The maximum absolute atomic E-state index is 13.5. The van der Waals surface area contributed by atoms with Crippen LogP contribution in [0.4, 0.5) is 0 Å². The number of hydrogen-bond donors (Lipinski definition) is 1. The quantitative estimate of drug-likeness (QED) is 0.683. The van der Waals surface area contributed by atoms with Crippen LogP contribution in [0.1, 0.15) is 41.4 Å². The van der Waals surface area contributed by atoms with E-state index in [9.17, 15) is 4.79 Å². The third-order valence-electron chi connectivity index (χ3n) is 5.71. The number of fused-ring (bicyclic) bond motifs is 1. The molecule has 1 fully saturated rings. The van der Waals surface area contributed by atoms with Crippen molar-refractivity contribution in [1.29, 1.82) is 0 Å². The van der Waals surface area contributed by atoms with Gasteiger partial charge < -0.3 is 19.8 Å². The predicted octanol–water partition coefficient (Wildman–Crippen LogP) is 4.17. The number of amides is 1. The van der Waals surface area contributed by atoms with Crippen molar-refractivity contribution in [2.24, 2.45) is 11.7 Å². The van der Waals surface area contributed by atoms with E-state index in [-0.39, 0.29) is 23.8 Å². The highest BCUT2D eigenvalue weighted by molar-refractivity contribution is 5.99. The highest BCUT2D eigenvalue weighted by atomic mass is 16.5. The van der Waals surface area contributed by atoms with Crippen molar-refractivity contribution < 1.29 is 13.9 Å². The minimum absolute atomic E-state index is 0.0717. The molecule has 2 aromatic carbocycles. The molecular weight excluding hydrogens is 364 g/mol. The molecule has 1 saturated heterocycles. The van der Waals surface area contributed by atoms with E-state index in [1.54, 1.807) is 0 Å². The third-order valence-corrected chi connectivity index (χ3v) is 5.71. The molecule has 3 aromatic rings. The molecule has 0 bridgehead atoms. The zero-order valence-electron chi connectivity index (χ0n) is 17.0. The number of rotatable bonds is 6. The van der Waals surface area contributed by atoms with Crippen molar-refractivity contribution in [2.75, 3.05) is 19.6 Å². The lowest BCUT2D eigenvalue weighted by Crippen LogP contribution is -2.30. The van der Waals surface area contributed by atoms with Gasteiger partial charge in [0.15, 0.2) is 5.76 Å². The van der Waals surface area contributed by atoms with Gasteiger partial charge in [-0.1, -0.05) is 48.5 Å². The molecule has 2 heterocycles. The minimum atomic E-state index is -0.0829. The number of likely N-dealkylation sites (tertiary alicyclic amines) is 1. The van der Waals surface area contributed by atoms with E-state index >= 15 is 0 Å². The van der Waals surface area contributed by atoms with E-state index in [4.69, 9.17) is 14.9 Å². The summed E-state index contributed by atoms with van der Waals surface area (Å²) in [6.07, 6.45) is 0.0717. The third kappa shape index (κ3) is 3.93. The first-order chi connectivity index (χ1) is 14.1. The van der Waals surface area contributed by atoms with Gasteiger partial charge in [-0.3, -0.25) is 4.79 Å². The first-order valence-electron chi connectivity index (χ1n) is 10.2. The normalized spacial score (nSPS) is 19.4. The van der Waals surface area contributed by atoms with Crippen molar-refractivity contribution in [3.8, 4) is 0 Å². The molecule has 5 nitrogen and oxygen atoms in total. The number of furan rings is 1. The summed E-state index contributed by atoms with van der Waals surface area (Å²) in [7, 11) is 0. The number of ether oxygens (including phenoxy) is 1. The highest BCUT2D eigenvalue weighted by Gasteiger charge is 2.37. The molecule has 0 aliphatic carbocycles. The standard InChI is InChI=1S/C24H28N2O3/c1-16(2)28-15-21-19-10-6-7-11-22(19)29-23(21)24(27)26-13-18(12-25)20(14-26)17-8-4-3-5-9-17/h3-11,16,18,20H,12-15,25H2,1-2H3/t18-,20+/m1/s1. The molecule has 29 heavy (non-hydrogen) atoms. The van der Waals surface area contributed by atoms with Crippen LogP contribution >= 0.6 is 0 Å². The molecule has 1 aliphatic rings. The van der Waals surface area contributed by atoms with Crippen molar-refractivity contribution in [1.82, 2.24) is 4.90 Å². The number of nitrogens with zero attached hydrogens (tertiary/aromatic N) is 1. The second-order valence-electron chi connectivity index (χ2n) is 7.99. The highest BCUT2D eigenvalue weighted by Crippen LogP contribution is 2.35. The van der Waals surface area contributed by atoms with Crippen LogP contribution in [-0.4, -0.2) is 36.5 Å². The Kier molecular flexibility index (Phi) is 5.69. The van der Waals surface area contributed by atoms with Gasteiger partial charge in [0.2, 0.25) is 0 Å². The molecule has 1 aromatic heterocycles. The summed E-state index contributed by atoms with van der Waals surface area (Å²) in [5.41, 5.74) is 8.82. The Hall–Kier alpha value is -2.63. The Morgan fingerprint density at radius 3 is 2.59 bits per heavy atom. The molecule has 2 atom stereocenters. The van der Waals surface area contributed by atoms with Crippen LogP contribution < -0.4 is 5.73 Å². The predicted molar refractivity (Wildman–Crippen MR) is 114 cm³/mol. The summed E-state index contributed by atoms with van der Waals surface area (Å²) in [5, 5.41) is 0.936. The fraction of sp³-hybridized carbons (Fsp3) is 0.375. The SMILES string of the molecule is CC(C)OCc1c(C(=O)N2C[C@@H](CN)[C@H](c3ccccc3)C2)oc2ccccc12. The summed E-state index contributed by atoms with van der Waals surface area (Å²) >= 11 is 0. The van der Waals surface area contributed by atoms with Crippen molar-refractivity contribution in [3.63, 3.8) is 0 Å². The zero-order valence-corrected chi connectivity index (χ0v) is 17.0. The Morgan fingerprint density at radius 2 is 1.86 bits per heavy atom. The van der Waals surface area contributed by atoms with Crippen LogP contribution in [-0.2, 0) is 11.3 Å². The Bertz CT molecular complexity index is 980. The summed E-state index contributed by atoms with van der Waals surface area (Å²) in [6.45, 7) is 6.16. The van der Waals surface area contributed by atoms with Gasteiger partial charge in [-0.2, -0.15) is 0 Å². The van der Waals surface area contributed by atoms with Gasteiger partial charge in [-0.05, 0) is 37.9 Å². The van der Waals surface area contributed by atoms with E-state index in [0.717, 1.165) is 10.9 Å². The lowest BCUT2D eigenvalue weighted by Gasteiger charge is -2.17. The molecule has 152 valence electrons. The maximum Gasteiger partial charge on any atom is 0.290 e. The average Bonchev–Trinajstić information content (AvgIpc) is 3.34. The molecule has 4 rings (SSSR count). The second kappa shape index (κ2) is 8.39.